The summed E-state index contributed by atoms with van der Waals surface area (Å²) in [6.45, 7) is 0. The Morgan fingerprint density at radius 1 is 0.867 bits per heavy atom. The van der Waals surface area contributed by atoms with Crippen LogP contribution in [0, 0.1) is 17.6 Å². The van der Waals surface area contributed by atoms with Gasteiger partial charge in [0.15, 0.2) is 11.6 Å². The SMILES string of the molecule is Fc1cccc(-c2cccc(F)c2F)n1. The van der Waals surface area contributed by atoms with Gasteiger partial charge in [0.05, 0.1) is 5.69 Å². The lowest BCUT2D eigenvalue weighted by molar-refractivity contribution is 0.510. The largest absolute Gasteiger partial charge is 0.220 e. The van der Waals surface area contributed by atoms with Crippen molar-refractivity contribution in [3.05, 3.63) is 54.0 Å². The molecule has 1 nitrogen and oxygen atoms in total. The predicted octanol–water partition coefficient (Wildman–Crippen LogP) is 3.17. The van der Waals surface area contributed by atoms with Crippen LogP contribution < -0.4 is 0 Å². The van der Waals surface area contributed by atoms with E-state index in [1.165, 1.54) is 24.3 Å². The van der Waals surface area contributed by atoms with Crippen molar-refractivity contribution in [1.82, 2.24) is 4.98 Å². The highest BCUT2D eigenvalue weighted by Crippen LogP contribution is 2.22. The molecule has 0 saturated carbocycles. The molecule has 0 unspecified atom stereocenters. The molecule has 0 N–H and O–H groups in total. The van der Waals surface area contributed by atoms with E-state index in [4.69, 9.17) is 0 Å². The normalized spacial score (nSPS) is 10.3. The molecule has 1 aromatic carbocycles. The second kappa shape index (κ2) is 3.73. The van der Waals surface area contributed by atoms with Crippen molar-refractivity contribution in [3.8, 4) is 11.3 Å². The minimum atomic E-state index is -1.02. The molecular weight excluding hydrogens is 203 g/mol. The van der Waals surface area contributed by atoms with Crippen molar-refractivity contribution in [1.29, 1.82) is 0 Å². The van der Waals surface area contributed by atoms with Crippen molar-refractivity contribution in [2.45, 2.75) is 0 Å². The fourth-order valence-electron chi connectivity index (χ4n) is 1.26. The Morgan fingerprint density at radius 3 is 2.33 bits per heavy atom. The van der Waals surface area contributed by atoms with Crippen LogP contribution in [-0.4, -0.2) is 4.98 Å². The molecule has 0 spiro atoms. The molecule has 0 saturated heterocycles. The van der Waals surface area contributed by atoms with Crippen LogP contribution in [0.1, 0.15) is 0 Å². The van der Waals surface area contributed by atoms with E-state index in [1.807, 2.05) is 0 Å². The van der Waals surface area contributed by atoms with E-state index < -0.39 is 17.6 Å². The lowest BCUT2D eigenvalue weighted by Crippen LogP contribution is -1.92. The summed E-state index contributed by atoms with van der Waals surface area (Å²) in [5.41, 5.74) is 0.0292. The second-order valence-electron chi connectivity index (χ2n) is 2.95. The van der Waals surface area contributed by atoms with Gasteiger partial charge in [-0.15, -0.1) is 0 Å². The topological polar surface area (TPSA) is 12.9 Å². The smallest absolute Gasteiger partial charge is 0.213 e. The van der Waals surface area contributed by atoms with E-state index in [2.05, 4.69) is 4.98 Å². The average Bonchev–Trinajstić information content (AvgIpc) is 2.22. The maximum Gasteiger partial charge on any atom is 0.213 e. The van der Waals surface area contributed by atoms with Crippen LogP contribution in [0.4, 0.5) is 13.2 Å². The number of benzene rings is 1. The summed E-state index contributed by atoms with van der Waals surface area (Å²) in [5, 5.41) is 0. The van der Waals surface area contributed by atoms with Gasteiger partial charge in [0, 0.05) is 5.56 Å². The zero-order chi connectivity index (χ0) is 10.8. The molecular formula is C11H6F3N. The standard InChI is InChI=1S/C11H6F3N/c12-8-4-1-3-7(11(8)14)9-5-2-6-10(13)15-9/h1-6H. The van der Waals surface area contributed by atoms with Gasteiger partial charge in [-0.05, 0) is 24.3 Å². The van der Waals surface area contributed by atoms with Crippen LogP contribution in [0.25, 0.3) is 11.3 Å². The van der Waals surface area contributed by atoms with Gasteiger partial charge in [-0.25, -0.2) is 13.8 Å². The first kappa shape index (κ1) is 9.71. The van der Waals surface area contributed by atoms with Gasteiger partial charge >= 0.3 is 0 Å². The van der Waals surface area contributed by atoms with E-state index in [9.17, 15) is 13.2 Å². The zero-order valence-corrected chi connectivity index (χ0v) is 7.55. The molecule has 0 radical (unpaired) electrons. The molecule has 15 heavy (non-hydrogen) atoms. The molecule has 2 aromatic rings. The lowest BCUT2D eigenvalue weighted by atomic mass is 10.1. The number of nitrogens with zero attached hydrogens (tertiary/aromatic N) is 1. The van der Waals surface area contributed by atoms with Gasteiger partial charge in [-0.1, -0.05) is 12.1 Å². The Bertz CT molecular complexity index is 497. The third-order valence-corrected chi connectivity index (χ3v) is 1.94. The van der Waals surface area contributed by atoms with Gasteiger partial charge in [0.2, 0.25) is 5.95 Å². The van der Waals surface area contributed by atoms with Gasteiger partial charge < -0.3 is 0 Å². The van der Waals surface area contributed by atoms with Crippen LogP contribution in [0.2, 0.25) is 0 Å². The molecule has 1 heterocycles. The molecule has 76 valence electrons. The molecule has 2 rings (SSSR count). The number of hydrogen-bond donors (Lipinski definition) is 0. The second-order valence-corrected chi connectivity index (χ2v) is 2.95. The number of pyridine rings is 1. The molecule has 0 bridgehead atoms. The van der Waals surface area contributed by atoms with Gasteiger partial charge in [-0.2, -0.15) is 4.39 Å². The molecule has 0 fully saturated rings. The minimum Gasteiger partial charge on any atom is -0.220 e. The quantitative estimate of drug-likeness (QED) is 0.657. The van der Waals surface area contributed by atoms with E-state index in [1.54, 1.807) is 0 Å². The molecule has 0 aliphatic heterocycles. The summed E-state index contributed by atoms with van der Waals surface area (Å²) in [6, 6.07) is 7.64. The van der Waals surface area contributed by atoms with Crippen LogP contribution in [0.5, 0.6) is 0 Å². The number of hydrogen-bond acceptors (Lipinski definition) is 1. The lowest BCUT2D eigenvalue weighted by Gasteiger charge is -2.02. The van der Waals surface area contributed by atoms with Crippen molar-refractivity contribution in [2.24, 2.45) is 0 Å². The van der Waals surface area contributed by atoms with Crippen LogP contribution in [0.15, 0.2) is 36.4 Å². The van der Waals surface area contributed by atoms with Gasteiger partial charge in [-0.3, -0.25) is 0 Å². The third-order valence-electron chi connectivity index (χ3n) is 1.94. The zero-order valence-electron chi connectivity index (χ0n) is 7.55. The van der Waals surface area contributed by atoms with Gasteiger partial charge in [0.25, 0.3) is 0 Å². The molecule has 0 aliphatic carbocycles. The van der Waals surface area contributed by atoms with E-state index >= 15 is 0 Å². The molecule has 1 aromatic heterocycles. The van der Waals surface area contributed by atoms with Crippen molar-refractivity contribution in [3.63, 3.8) is 0 Å². The van der Waals surface area contributed by atoms with Crippen molar-refractivity contribution < 1.29 is 13.2 Å². The van der Waals surface area contributed by atoms with Crippen LogP contribution >= 0.6 is 0 Å². The minimum absolute atomic E-state index is 0.0468. The highest BCUT2D eigenvalue weighted by molar-refractivity contribution is 5.59. The first-order chi connectivity index (χ1) is 7.18. The molecule has 4 heteroatoms. The Morgan fingerprint density at radius 2 is 1.60 bits per heavy atom. The van der Waals surface area contributed by atoms with Crippen molar-refractivity contribution in [2.75, 3.05) is 0 Å². The molecule has 0 aliphatic rings. The monoisotopic (exact) mass is 209 g/mol. The first-order valence-corrected chi connectivity index (χ1v) is 4.25. The molecule has 0 amide bonds. The van der Waals surface area contributed by atoms with Crippen LogP contribution in [0.3, 0.4) is 0 Å². The number of halogens is 3. The fraction of sp³-hybridized carbons (Fsp3) is 0. The molecule has 0 atom stereocenters. The summed E-state index contributed by atoms with van der Waals surface area (Å²) in [6.07, 6.45) is 0. The van der Waals surface area contributed by atoms with Crippen molar-refractivity contribution >= 4 is 0 Å². The number of aromatic nitrogens is 1. The van der Waals surface area contributed by atoms with Crippen LogP contribution in [-0.2, 0) is 0 Å². The first-order valence-electron chi connectivity index (χ1n) is 4.25. The highest BCUT2D eigenvalue weighted by Gasteiger charge is 2.10. The summed E-state index contributed by atoms with van der Waals surface area (Å²) < 4.78 is 38.9. The summed E-state index contributed by atoms with van der Waals surface area (Å²) in [7, 11) is 0. The average molecular weight is 209 g/mol. The van der Waals surface area contributed by atoms with E-state index in [-0.39, 0.29) is 11.3 Å². The maximum absolute atomic E-state index is 13.3. The van der Waals surface area contributed by atoms with Gasteiger partial charge in [0.1, 0.15) is 0 Å². The predicted molar refractivity (Wildman–Crippen MR) is 49.5 cm³/mol. The summed E-state index contributed by atoms with van der Waals surface area (Å²) >= 11 is 0. The van der Waals surface area contributed by atoms with E-state index in [0.29, 0.717) is 0 Å². The Labute approximate surface area is 84.2 Å². The van der Waals surface area contributed by atoms with E-state index in [0.717, 1.165) is 12.1 Å². The third kappa shape index (κ3) is 1.83. The number of rotatable bonds is 1. The Kier molecular flexibility index (Phi) is 2.41. The maximum atomic E-state index is 13.3. The Balaban J connectivity index is 2.59. The highest BCUT2D eigenvalue weighted by atomic mass is 19.2. The Hall–Kier alpha value is -1.84. The summed E-state index contributed by atoms with van der Waals surface area (Å²) in [4.78, 5) is 3.47. The fourth-order valence-corrected chi connectivity index (χ4v) is 1.26. The summed E-state index contributed by atoms with van der Waals surface area (Å²) in [5.74, 6) is -2.72.